The number of aliphatic hydroxyl groups excluding tert-OH is 1. The van der Waals surface area contributed by atoms with Gasteiger partial charge < -0.3 is 10.4 Å². The number of rotatable bonds is 9. The molecule has 1 aromatic heterocycles. The minimum atomic E-state index is -0.905. The number of aliphatic hydroxyl groups is 1. The molecule has 2 atom stereocenters. The molecule has 4 aromatic rings. The molecule has 0 fully saturated rings. The summed E-state index contributed by atoms with van der Waals surface area (Å²) in [5, 5.41) is 24.3. The number of amides is 1. The summed E-state index contributed by atoms with van der Waals surface area (Å²) in [6.45, 7) is 2.08. The lowest BCUT2D eigenvalue weighted by molar-refractivity contribution is -0.124. The number of hydrazone groups is 1. The molecule has 206 valence electrons. The summed E-state index contributed by atoms with van der Waals surface area (Å²) >= 11 is 12.2. The molecular formula is C29H28Cl2N6O3. The molecule has 3 aromatic carbocycles. The van der Waals surface area contributed by atoms with Gasteiger partial charge in [-0.25, -0.2) is 19.1 Å². The van der Waals surface area contributed by atoms with Crippen molar-refractivity contribution < 1.29 is 9.90 Å². The Morgan fingerprint density at radius 2 is 1.68 bits per heavy atom. The molecule has 9 nitrogen and oxygen atoms in total. The van der Waals surface area contributed by atoms with E-state index in [1.54, 1.807) is 24.1 Å². The lowest BCUT2D eigenvalue weighted by Gasteiger charge is -2.19. The van der Waals surface area contributed by atoms with E-state index in [1.165, 1.54) is 9.25 Å². The first-order valence-corrected chi connectivity index (χ1v) is 13.6. The van der Waals surface area contributed by atoms with Crippen LogP contribution in [-0.4, -0.2) is 50.8 Å². The van der Waals surface area contributed by atoms with E-state index in [9.17, 15) is 14.7 Å². The van der Waals surface area contributed by atoms with Gasteiger partial charge in [-0.3, -0.25) is 4.79 Å². The van der Waals surface area contributed by atoms with Gasteiger partial charge in [0.15, 0.2) is 0 Å². The number of hydrogen-bond donors (Lipinski definition) is 2. The van der Waals surface area contributed by atoms with Gasteiger partial charge in [-0.2, -0.15) is 5.10 Å². The van der Waals surface area contributed by atoms with Crippen LogP contribution in [0.3, 0.4) is 0 Å². The van der Waals surface area contributed by atoms with Crippen molar-refractivity contribution in [1.29, 1.82) is 0 Å². The molecule has 0 unspecified atom stereocenters. The van der Waals surface area contributed by atoms with Crippen LogP contribution < -0.4 is 16.0 Å². The second-order valence-electron chi connectivity index (χ2n) is 9.46. The fourth-order valence-electron chi connectivity index (χ4n) is 4.69. The van der Waals surface area contributed by atoms with Gasteiger partial charge in [-0.15, -0.1) is 5.10 Å². The Hall–Kier alpha value is -3.92. The monoisotopic (exact) mass is 578 g/mol. The zero-order chi connectivity index (χ0) is 28.2. The number of nitrogens with zero attached hydrogens (tertiary/aromatic N) is 5. The van der Waals surface area contributed by atoms with Crippen molar-refractivity contribution in [3.63, 3.8) is 0 Å². The van der Waals surface area contributed by atoms with Crippen molar-refractivity contribution in [2.45, 2.75) is 25.4 Å². The molecule has 0 saturated heterocycles. The number of carbonyl (C=O) groups is 1. The number of halogens is 2. The highest BCUT2D eigenvalue weighted by atomic mass is 35.5. The van der Waals surface area contributed by atoms with Gasteiger partial charge in [0.2, 0.25) is 11.9 Å². The van der Waals surface area contributed by atoms with Gasteiger partial charge >= 0.3 is 5.69 Å². The van der Waals surface area contributed by atoms with Gasteiger partial charge in [-0.05, 0) is 47.9 Å². The minimum absolute atomic E-state index is 0.0742. The molecule has 2 heterocycles. The number of carbonyl (C=O) groups excluding carboxylic acids is 1. The summed E-state index contributed by atoms with van der Waals surface area (Å²) in [6.07, 6.45) is 0. The van der Waals surface area contributed by atoms with Crippen molar-refractivity contribution in [3.05, 3.63) is 116 Å². The van der Waals surface area contributed by atoms with E-state index < -0.39 is 17.6 Å². The Morgan fingerprint density at radius 1 is 1.02 bits per heavy atom. The Balaban J connectivity index is 1.59. The molecular weight excluding hydrogens is 551 g/mol. The molecule has 0 radical (unpaired) electrons. The van der Waals surface area contributed by atoms with E-state index in [1.807, 2.05) is 66.7 Å². The number of anilines is 1. The van der Waals surface area contributed by atoms with E-state index in [0.717, 1.165) is 22.4 Å². The highest BCUT2D eigenvalue weighted by Crippen LogP contribution is 2.32. The van der Waals surface area contributed by atoms with Crippen LogP contribution in [-0.2, 0) is 11.3 Å². The average Bonchev–Trinajstić information content (AvgIpc) is 3.55. The highest BCUT2D eigenvalue weighted by Gasteiger charge is 2.35. The average molecular weight is 579 g/mol. The standard InChI is InChI=1S/C29H28Cl2N6O3/c1-19(27(39)32-15-16-38)37-28(34-36(29(37)40)17-20-7-11-23(30)12-8-20)35-18-25(21-5-3-2-4-6-21)26(33-35)22-9-13-24(31)14-10-22/h2-14,19,25,38H,15-18H2,1H3,(H,32,39)/t19-,25+/m0/s1. The first kappa shape index (κ1) is 27.6. The summed E-state index contributed by atoms with van der Waals surface area (Å²) in [4.78, 5) is 26.6. The third-order valence-electron chi connectivity index (χ3n) is 6.76. The fourth-order valence-corrected chi connectivity index (χ4v) is 4.94. The van der Waals surface area contributed by atoms with Crippen molar-refractivity contribution in [2.75, 3.05) is 24.7 Å². The van der Waals surface area contributed by atoms with E-state index in [-0.39, 0.29) is 31.6 Å². The van der Waals surface area contributed by atoms with Crippen LogP contribution in [0.15, 0.2) is 88.8 Å². The van der Waals surface area contributed by atoms with Crippen LogP contribution in [0.2, 0.25) is 10.0 Å². The van der Waals surface area contributed by atoms with E-state index in [2.05, 4.69) is 10.4 Å². The van der Waals surface area contributed by atoms with Crippen LogP contribution in [0.4, 0.5) is 5.95 Å². The maximum atomic E-state index is 13.7. The lowest BCUT2D eigenvalue weighted by Crippen LogP contribution is -2.38. The second kappa shape index (κ2) is 12.1. The van der Waals surface area contributed by atoms with Crippen molar-refractivity contribution in [2.24, 2.45) is 5.10 Å². The fraction of sp³-hybridized carbons (Fsp3) is 0.241. The normalized spacial score (nSPS) is 15.7. The predicted molar refractivity (Wildman–Crippen MR) is 156 cm³/mol. The molecule has 0 spiro atoms. The van der Waals surface area contributed by atoms with Gasteiger partial charge in [0.25, 0.3) is 0 Å². The summed E-state index contributed by atoms with van der Waals surface area (Å²) < 4.78 is 2.67. The number of nitrogens with one attached hydrogen (secondary N) is 1. The molecule has 0 saturated carbocycles. The van der Waals surface area contributed by atoms with Gasteiger partial charge in [0.05, 0.1) is 25.4 Å². The maximum absolute atomic E-state index is 13.7. The molecule has 0 bridgehead atoms. The van der Waals surface area contributed by atoms with Gasteiger partial charge in [0, 0.05) is 22.5 Å². The Kier molecular flexibility index (Phi) is 8.35. The summed E-state index contributed by atoms with van der Waals surface area (Å²) in [7, 11) is 0. The quantitative estimate of drug-likeness (QED) is 0.311. The van der Waals surface area contributed by atoms with E-state index in [0.29, 0.717) is 16.6 Å². The number of aromatic nitrogens is 3. The summed E-state index contributed by atoms with van der Waals surface area (Å²) in [5.74, 6) is -0.287. The highest BCUT2D eigenvalue weighted by molar-refractivity contribution is 6.31. The Bertz CT molecular complexity index is 1570. The smallest absolute Gasteiger partial charge is 0.348 e. The maximum Gasteiger partial charge on any atom is 0.348 e. The molecule has 40 heavy (non-hydrogen) atoms. The van der Waals surface area contributed by atoms with Crippen LogP contribution in [0.1, 0.15) is 35.6 Å². The van der Waals surface area contributed by atoms with Gasteiger partial charge in [0.1, 0.15) is 6.04 Å². The Labute approximate surface area is 241 Å². The molecule has 1 amide bonds. The summed E-state index contributed by atoms with van der Waals surface area (Å²) in [6, 6.07) is 23.7. The third-order valence-corrected chi connectivity index (χ3v) is 7.27. The zero-order valence-electron chi connectivity index (χ0n) is 21.7. The van der Waals surface area contributed by atoms with Crippen molar-refractivity contribution in [1.82, 2.24) is 19.7 Å². The topological polar surface area (TPSA) is 105 Å². The molecule has 5 rings (SSSR count). The largest absolute Gasteiger partial charge is 0.395 e. The number of hydrogen-bond acceptors (Lipinski definition) is 6. The first-order valence-electron chi connectivity index (χ1n) is 12.8. The van der Waals surface area contributed by atoms with E-state index in [4.69, 9.17) is 28.3 Å². The van der Waals surface area contributed by atoms with Crippen molar-refractivity contribution >= 4 is 40.8 Å². The molecule has 2 N–H and O–H groups in total. The Morgan fingerprint density at radius 3 is 2.33 bits per heavy atom. The van der Waals surface area contributed by atoms with Crippen LogP contribution in [0, 0.1) is 0 Å². The lowest BCUT2D eigenvalue weighted by atomic mass is 9.91. The first-order chi connectivity index (χ1) is 19.4. The molecule has 1 aliphatic rings. The second-order valence-corrected chi connectivity index (χ2v) is 10.3. The zero-order valence-corrected chi connectivity index (χ0v) is 23.3. The summed E-state index contributed by atoms with van der Waals surface area (Å²) in [5.41, 5.74) is 3.12. The molecule has 1 aliphatic heterocycles. The van der Waals surface area contributed by atoms with Crippen LogP contribution in [0.5, 0.6) is 0 Å². The van der Waals surface area contributed by atoms with Crippen LogP contribution in [0.25, 0.3) is 0 Å². The predicted octanol–water partition coefficient (Wildman–Crippen LogP) is 4.08. The van der Waals surface area contributed by atoms with E-state index >= 15 is 0 Å². The molecule has 0 aliphatic carbocycles. The third kappa shape index (κ3) is 5.82. The number of benzene rings is 3. The van der Waals surface area contributed by atoms with Crippen molar-refractivity contribution in [3.8, 4) is 0 Å². The minimum Gasteiger partial charge on any atom is -0.395 e. The molecule has 11 heteroatoms. The van der Waals surface area contributed by atoms with Gasteiger partial charge in [-0.1, -0.05) is 77.8 Å². The van der Waals surface area contributed by atoms with Crippen LogP contribution >= 0.6 is 23.2 Å². The SMILES string of the molecule is C[C@@H](C(=O)NCCO)n1c(N2C[C@H](c3ccccc3)C(c3ccc(Cl)cc3)=N2)nn(Cc2ccc(Cl)cc2)c1=O.